The summed E-state index contributed by atoms with van der Waals surface area (Å²) in [5.41, 5.74) is 1.67. The Morgan fingerprint density at radius 2 is 1.65 bits per heavy atom. The van der Waals surface area contributed by atoms with Crippen molar-refractivity contribution >= 4 is 31.7 Å². The monoisotopic (exact) mass is 542 g/mol. The third kappa shape index (κ3) is 5.10. The normalized spacial score (nSPS) is 11.3. The van der Waals surface area contributed by atoms with Crippen molar-refractivity contribution in [3.8, 4) is 23.0 Å². The van der Waals surface area contributed by atoms with Gasteiger partial charge in [-0.05, 0) is 60.5 Å². The minimum atomic E-state index is -3.91. The fourth-order valence-electron chi connectivity index (χ4n) is 3.39. The van der Waals surface area contributed by atoms with Crippen molar-refractivity contribution in [3.05, 3.63) is 82.8 Å². The summed E-state index contributed by atoms with van der Waals surface area (Å²) in [6.07, 6.45) is 0.597. The zero-order chi connectivity index (χ0) is 24.1. The van der Waals surface area contributed by atoms with Gasteiger partial charge in [-0.25, -0.2) is 8.42 Å². The van der Waals surface area contributed by atoms with Gasteiger partial charge in [0.1, 0.15) is 0 Å². The van der Waals surface area contributed by atoms with Crippen molar-refractivity contribution < 1.29 is 22.3 Å². The molecule has 1 aromatic heterocycles. The second-order valence-electron chi connectivity index (χ2n) is 7.34. The van der Waals surface area contributed by atoms with Crippen molar-refractivity contribution in [1.82, 2.24) is 4.98 Å². The number of ether oxygens (including phenoxy) is 2. The molecule has 0 unspecified atom stereocenters. The van der Waals surface area contributed by atoms with Gasteiger partial charge in [-0.2, -0.15) is 4.98 Å². The quantitative estimate of drug-likeness (QED) is 0.294. The Labute approximate surface area is 206 Å². The molecule has 4 aromatic rings. The topological polar surface area (TPSA) is 90.7 Å². The largest absolute Gasteiger partial charge is 0.493 e. The van der Waals surface area contributed by atoms with Crippen LogP contribution in [0.1, 0.15) is 5.56 Å². The summed E-state index contributed by atoms with van der Waals surface area (Å²) >= 11 is 3.34. The number of nitrogens with zero attached hydrogens (tertiary/aromatic N) is 1. The molecule has 0 radical (unpaired) electrons. The SMILES string of the molecule is COc1ccc(CCNc2oc(-c3ccccc3)nc2S(=O)(=O)c2ccc(Br)cc2)cc1OC. The highest BCUT2D eigenvalue weighted by Crippen LogP contribution is 2.33. The van der Waals surface area contributed by atoms with Crippen molar-refractivity contribution in [2.24, 2.45) is 0 Å². The van der Waals surface area contributed by atoms with Crippen molar-refractivity contribution in [2.45, 2.75) is 16.3 Å². The highest BCUT2D eigenvalue weighted by molar-refractivity contribution is 9.10. The average Bonchev–Trinajstić information content (AvgIpc) is 3.30. The van der Waals surface area contributed by atoms with E-state index < -0.39 is 9.84 Å². The Balaban J connectivity index is 1.63. The molecular weight excluding hydrogens is 520 g/mol. The number of hydrogen-bond donors (Lipinski definition) is 1. The summed E-state index contributed by atoms with van der Waals surface area (Å²) in [6.45, 7) is 0.418. The van der Waals surface area contributed by atoms with E-state index >= 15 is 0 Å². The van der Waals surface area contributed by atoms with Gasteiger partial charge in [-0.15, -0.1) is 0 Å². The molecule has 0 aliphatic rings. The highest BCUT2D eigenvalue weighted by Gasteiger charge is 2.28. The van der Waals surface area contributed by atoms with Gasteiger partial charge in [0.2, 0.25) is 26.6 Å². The number of rotatable bonds is 9. The van der Waals surface area contributed by atoms with Crippen LogP contribution in [-0.4, -0.2) is 34.2 Å². The van der Waals surface area contributed by atoms with Crippen LogP contribution in [0.3, 0.4) is 0 Å². The molecular formula is C25H23BrN2O5S. The highest BCUT2D eigenvalue weighted by atomic mass is 79.9. The molecule has 4 rings (SSSR count). The van der Waals surface area contributed by atoms with E-state index in [0.717, 1.165) is 10.0 Å². The molecule has 176 valence electrons. The van der Waals surface area contributed by atoms with Crippen molar-refractivity contribution in [3.63, 3.8) is 0 Å². The van der Waals surface area contributed by atoms with E-state index in [1.807, 2.05) is 48.5 Å². The summed E-state index contributed by atoms with van der Waals surface area (Å²) in [5, 5.41) is 2.96. The van der Waals surface area contributed by atoms with Crippen LogP contribution in [0.2, 0.25) is 0 Å². The van der Waals surface area contributed by atoms with Gasteiger partial charge in [0.05, 0.1) is 19.1 Å². The van der Waals surface area contributed by atoms with Gasteiger partial charge in [0, 0.05) is 16.6 Å². The summed E-state index contributed by atoms with van der Waals surface area (Å²) in [6, 6.07) is 21.2. The van der Waals surface area contributed by atoms with Gasteiger partial charge in [0.15, 0.2) is 11.5 Å². The summed E-state index contributed by atoms with van der Waals surface area (Å²) in [4.78, 5) is 4.49. The number of sulfone groups is 1. The van der Waals surface area contributed by atoms with E-state index in [1.165, 1.54) is 12.1 Å². The maximum absolute atomic E-state index is 13.4. The predicted octanol–water partition coefficient (Wildman–Crippen LogP) is 5.61. The lowest BCUT2D eigenvalue weighted by Gasteiger charge is -2.10. The molecule has 0 amide bonds. The number of aromatic nitrogens is 1. The van der Waals surface area contributed by atoms with E-state index in [4.69, 9.17) is 13.9 Å². The number of methoxy groups -OCH3 is 2. The fraction of sp³-hybridized carbons (Fsp3) is 0.160. The van der Waals surface area contributed by atoms with Gasteiger partial charge < -0.3 is 19.2 Å². The Morgan fingerprint density at radius 1 is 0.941 bits per heavy atom. The second kappa shape index (κ2) is 10.3. The van der Waals surface area contributed by atoms with Gasteiger partial charge in [-0.1, -0.05) is 40.2 Å². The Hall–Kier alpha value is -3.30. The smallest absolute Gasteiger partial charge is 0.233 e. The zero-order valence-corrected chi connectivity index (χ0v) is 21.0. The lowest BCUT2D eigenvalue weighted by atomic mass is 10.1. The third-order valence-corrected chi connectivity index (χ3v) is 7.35. The predicted molar refractivity (Wildman–Crippen MR) is 133 cm³/mol. The number of anilines is 1. The first kappa shape index (κ1) is 23.8. The van der Waals surface area contributed by atoms with Crippen LogP contribution in [0.4, 0.5) is 5.88 Å². The van der Waals surface area contributed by atoms with E-state index in [1.54, 1.807) is 26.4 Å². The van der Waals surface area contributed by atoms with Crippen LogP contribution in [0.25, 0.3) is 11.5 Å². The molecule has 7 nitrogen and oxygen atoms in total. The average molecular weight is 543 g/mol. The maximum atomic E-state index is 13.4. The second-order valence-corrected chi connectivity index (χ2v) is 10.1. The van der Waals surface area contributed by atoms with Gasteiger partial charge in [0.25, 0.3) is 0 Å². The molecule has 0 spiro atoms. The van der Waals surface area contributed by atoms with Crippen molar-refractivity contribution in [1.29, 1.82) is 0 Å². The number of oxazole rings is 1. The first-order valence-electron chi connectivity index (χ1n) is 10.4. The molecule has 9 heteroatoms. The molecule has 1 heterocycles. The lowest BCUT2D eigenvalue weighted by molar-refractivity contribution is 0.354. The van der Waals surface area contributed by atoms with Crippen LogP contribution < -0.4 is 14.8 Å². The molecule has 0 aliphatic heterocycles. The van der Waals surface area contributed by atoms with Crippen LogP contribution in [0.5, 0.6) is 11.5 Å². The van der Waals surface area contributed by atoms with E-state index in [0.29, 0.717) is 30.0 Å². The molecule has 0 atom stereocenters. The summed E-state index contributed by atoms with van der Waals surface area (Å²) in [5.74, 6) is 1.60. The molecule has 3 aromatic carbocycles. The Kier molecular flexibility index (Phi) is 7.23. The molecule has 0 saturated heterocycles. The standard InChI is InChI=1S/C25H23BrN2O5S/c1-31-21-13-8-17(16-22(21)32-2)14-15-27-24-25(28-23(33-24)18-6-4-3-5-7-18)34(29,30)20-11-9-19(26)10-12-20/h3-13,16,27H,14-15H2,1-2H3. The van der Waals surface area contributed by atoms with Crippen LogP contribution in [0, 0.1) is 0 Å². The van der Waals surface area contributed by atoms with Gasteiger partial charge >= 0.3 is 0 Å². The summed E-state index contributed by atoms with van der Waals surface area (Å²) < 4.78 is 44.1. The van der Waals surface area contributed by atoms with Crippen LogP contribution in [0.15, 0.2) is 91.6 Å². The van der Waals surface area contributed by atoms with E-state index in [2.05, 4.69) is 26.2 Å². The molecule has 0 bridgehead atoms. The molecule has 0 saturated carbocycles. The molecule has 1 N–H and O–H groups in total. The van der Waals surface area contributed by atoms with Gasteiger partial charge in [-0.3, -0.25) is 0 Å². The minimum absolute atomic E-state index is 0.0993. The number of nitrogens with one attached hydrogen (secondary N) is 1. The number of halogens is 1. The van der Waals surface area contributed by atoms with E-state index in [9.17, 15) is 8.42 Å². The Bertz CT molecular complexity index is 1370. The lowest BCUT2D eigenvalue weighted by Crippen LogP contribution is -2.10. The number of hydrogen-bond acceptors (Lipinski definition) is 7. The van der Waals surface area contributed by atoms with Crippen LogP contribution in [-0.2, 0) is 16.3 Å². The maximum Gasteiger partial charge on any atom is 0.233 e. The minimum Gasteiger partial charge on any atom is -0.493 e. The molecule has 0 aliphatic carbocycles. The first-order chi connectivity index (χ1) is 16.4. The molecule has 0 fully saturated rings. The third-order valence-electron chi connectivity index (χ3n) is 5.14. The fourth-order valence-corrected chi connectivity index (χ4v) is 4.93. The van der Waals surface area contributed by atoms with E-state index in [-0.39, 0.29) is 21.7 Å². The summed E-state index contributed by atoms with van der Waals surface area (Å²) in [7, 11) is -0.747. The zero-order valence-electron chi connectivity index (χ0n) is 18.6. The number of benzene rings is 3. The first-order valence-corrected chi connectivity index (χ1v) is 12.7. The Morgan fingerprint density at radius 3 is 2.32 bits per heavy atom. The van der Waals surface area contributed by atoms with Crippen LogP contribution >= 0.6 is 15.9 Å². The van der Waals surface area contributed by atoms with Crippen molar-refractivity contribution in [2.75, 3.05) is 26.1 Å². The molecule has 34 heavy (non-hydrogen) atoms.